The van der Waals surface area contributed by atoms with E-state index in [-0.39, 0.29) is 5.82 Å². The van der Waals surface area contributed by atoms with Crippen molar-refractivity contribution in [1.82, 2.24) is 19.5 Å². The molecule has 1 aliphatic heterocycles. The number of aryl methyl sites for hydroxylation is 2. The Labute approximate surface area is 149 Å². The van der Waals surface area contributed by atoms with Gasteiger partial charge in [0.1, 0.15) is 17.5 Å². The molecule has 136 valence electrons. The lowest BCUT2D eigenvalue weighted by molar-refractivity contribution is 0.122. The summed E-state index contributed by atoms with van der Waals surface area (Å²) in [7, 11) is 0. The van der Waals surface area contributed by atoms with Gasteiger partial charge in [-0.3, -0.25) is 4.57 Å². The average molecular weight is 359 g/mol. The van der Waals surface area contributed by atoms with Gasteiger partial charge in [0.15, 0.2) is 5.82 Å². The van der Waals surface area contributed by atoms with Crippen LogP contribution in [0.5, 0.6) is 0 Å². The van der Waals surface area contributed by atoms with Crippen molar-refractivity contribution in [3.63, 3.8) is 0 Å². The second-order valence-corrected chi connectivity index (χ2v) is 6.33. The number of alkyl halides is 2. The van der Waals surface area contributed by atoms with Gasteiger partial charge in [0, 0.05) is 19.2 Å². The molecule has 0 N–H and O–H groups in total. The van der Waals surface area contributed by atoms with Crippen LogP contribution in [0.1, 0.15) is 23.6 Å². The van der Waals surface area contributed by atoms with E-state index in [9.17, 15) is 8.78 Å². The van der Waals surface area contributed by atoms with Gasteiger partial charge in [-0.25, -0.2) is 23.7 Å². The van der Waals surface area contributed by atoms with Crippen molar-refractivity contribution in [2.75, 3.05) is 31.2 Å². The third-order valence-electron chi connectivity index (χ3n) is 4.41. The summed E-state index contributed by atoms with van der Waals surface area (Å²) in [6.07, 6.45) is -2.70. The van der Waals surface area contributed by atoms with E-state index < -0.39 is 6.43 Å². The fourth-order valence-electron chi connectivity index (χ4n) is 3.20. The Morgan fingerprint density at radius 1 is 1.00 bits per heavy atom. The fourth-order valence-corrected chi connectivity index (χ4v) is 3.20. The van der Waals surface area contributed by atoms with E-state index in [4.69, 9.17) is 4.74 Å². The van der Waals surface area contributed by atoms with Gasteiger partial charge < -0.3 is 9.64 Å². The lowest BCUT2D eigenvalue weighted by Crippen LogP contribution is -2.37. The fraction of sp³-hybridized carbons (Fsp3) is 0.389. The van der Waals surface area contributed by atoms with Crippen LogP contribution in [0.15, 0.2) is 24.3 Å². The van der Waals surface area contributed by atoms with Crippen LogP contribution < -0.4 is 4.90 Å². The Hall–Kier alpha value is -2.61. The van der Waals surface area contributed by atoms with E-state index in [0.717, 1.165) is 5.56 Å². The number of aromatic nitrogens is 4. The first-order valence-electron chi connectivity index (χ1n) is 8.49. The first-order valence-corrected chi connectivity index (χ1v) is 8.49. The highest BCUT2D eigenvalue weighted by Crippen LogP contribution is 2.29. The minimum atomic E-state index is -2.70. The maximum Gasteiger partial charge on any atom is 0.296 e. The summed E-state index contributed by atoms with van der Waals surface area (Å²) >= 11 is 0. The quantitative estimate of drug-likeness (QED) is 0.719. The van der Waals surface area contributed by atoms with E-state index in [1.807, 2.05) is 19.1 Å². The van der Waals surface area contributed by atoms with Gasteiger partial charge in [0.2, 0.25) is 0 Å². The SMILES string of the molecule is Cc1ccc2nc(C(F)F)n(-c3cc(N4CCOCC4)nc(C)n3)c2c1. The number of halogens is 2. The second-order valence-electron chi connectivity index (χ2n) is 6.33. The highest BCUT2D eigenvalue weighted by atomic mass is 19.3. The molecule has 3 heterocycles. The summed E-state index contributed by atoms with van der Waals surface area (Å²) < 4.78 is 34.1. The smallest absolute Gasteiger partial charge is 0.296 e. The Balaban J connectivity index is 1.90. The first kappa shape index (κ1) is 16.8. The molecule has 0 amide bonds. The van der Waals surface area contributed by atoms with Gasteiger partial charge in [-0.15, -0.1) is 0 Å². The first-order chi connectivity index (χ1) is 12.5. The van der Waals surface area contributed by atoms with E-state index in [0.29, 0.717) is 54.8 Å². The summed E-state index contributed by atoms with van der Waals surface area (Å²) in [6, 6.07) is 7.21. The molecule has 0 spiro atoms. The van der Waals surface area contributed by atoms with Crippen molar-refractivity contribution >= 4 is 16.9 Å². The van der Waals surface area contributed by atoms with Crippen molar-refractivity contribution in [1.29, 1.82) is 0 Å². The van der Waals surface area contributed by atoms with Crippen LogP contribution in [0, 0.1) is 13.8 Å². The van der Waals surface area contributed by atoms with E-state index >= 15 is 0 Å². The van der Waals surface area contributed by atoms with Crippen LogP contribution >= 0.6 is 0 Å². The maximum absolute atomic E-state index is 13.7. The predicted molar refractivity (Wildman–Crippen MR) is 94.1 cm³/mol. The minimum absolute atomic E-state index is 0.309. The number of ether oxygens (including phenoxy) is 1. The lowest BCUT2D eigenvalue weighted by Gasteiger charge is -2.28. The molecule has 8 heteroatoms. The number of imidazole rings is 1. The van der Waals surface area contributed by atoms with Gasteiger partial charge in [-0.05, 0) is 31.5 Å². The number of fused-ring (bicyclic) bond motifs is 1. The largest absolute Gasteiger partial charge is 0.378 e. The molecule has 26 heavy (non-hydrogen) atoms. The third-order valence-corrected chi connectivity index (χ3v) is 4.41. The molecule has 0 unspecified atom stereocenters. The zero-order chi connectivity index (χ0) is 18.3. The molecule has 0 aliphatic carbocycles. The monoisotopic (exact) mass is 359 g/mol. The zero-order valence-electron chi connectivity index (χ0n) is 14.6. The highest BCUT2D eigenvalue weighted by Gasteiger charge is 2.22. The Morgan fingerprint density at radius 2 is 1.73 bits per heavy atom. The van der Waals surface area contributed by atoms with Gasteiger partial charge >= 0.3 is 0 Å². The van der Waals surface area contributed by atoms with Crippen molar-refractivity contribution < 1.29 is 13.5 Å². The molecule has 2 aromatic heterocycles. The van der Waals surface area contributed by atoms with Crippen molar-refractivity contribution in [3.8, 4) is 5.82 Å². The van der Waals surface area contributed by atoms with Crippen LogP contribution in [0.3, 0.4) is 0 Å². The standard InChI is InChI=1S/C18H19F2N5O/c1-11-3-4-13-14(9-11)25(18(23-13)17(19)20)16-10-15(21-12(2)22-16)24-5-7-26-8-6-24/h3-4,9-10,17H,5-8H2,1-2H3. The molecule has 1 saturated heterocycles. The van der Waals surface area contributed by atoms with Crippen molar-refractivity contribution in [2.45, 2.75) is 20.3 Å². The minimum Gasteiger partial charge on any atom is -0.378 e. The number of rotatable bonds is 3. The van der Waals surface area contributed by atoms with Crippen LogP contribution in [-0.4, -0.2) is 45.8 Å². The Bertz CT molecular complexity index is 950. The van der Waals surface area contributed by atoms with Crippen LogP contribution in [0.2, 0.25) is 0 Å². The molecule has 0 atom stereocenters. The second kappa shape index (κ2) is 6.60. The van der Waals surface area contributed by atoms with E-state index in [2.05, 4.69) is 19.9 Å². The predicted octanol–water partition coefficient (Wildman–Crippen LogP) is 3.21. The van der Waals surface area contributed by atoms with Crippen molar-refractivity contribution in [2.24, 2.45) is 0 Å². The molecule has 1 aromatic carbocycles. The topological polar surface area (TPSA) is 56.1 Å². The number of morpholine rings is 1. The summed E-state index contributed by atoms with van der Waals surface area (Å²) in [6.45, 7) is 6.34. The number of hydrogen-bond donors (Lipinski definition) is 0. The Kier molecular flexibility index (Phi) is 4.28. The highest BCUT2D eigenvalue weighted by molar-refractivity contribution is 5.79. The van der Waals surface area contributed by atoms with Crippen LogP contribution in [0.25, 0.3) is 16.9 Å². The molecular weight excluding hydrogens is 340 g/mol. The van der Waals surface area contributed by atoms with Crippen LogP contribution in [0.4, 0.5) is 14.6 Å². The van der Waals surface area contributed by atoms with Gasteiger partial charge in [0.05, 0.1) is 24.2 Å². The molecular formula is C18H19F2N5O. The van der Waals surface area contributed by atoms with Gasteiger partial charge in [0.25, 0.3) is 6.43 Å². The lowest BCUT2D eigenvalue weighted by atomic mass is 10.2. The normalized spacial score (nSPS) is 15.2. The molecule has 3 aromatic rings. The number of hydrogen-bond acceptors (Lipinski definition) is 5. The summed E-state index contributed by atoms with van der Waals surface area (Å²) in [5, 5.41) is 0. The molecule has 6 nitrogen and oxygen atoms in total. The number of benzene rings is 1. The maximum atomic E-state index is 13.7. The zero-order valence-corrected chi connectivity index (χ0v) is 14.6. The molecule has 1 fully saturated rings. The van der Waals surface area contributed by atoms with Crippen LogP contribution in [-0.2, 0) is 4.74 Å². The third kappa shape index (κ3) is 3.01. The molecule has 0 radical (unpaired) electrons. The molecule has 0 bridgehead atoms. The summed E-state index contributed by atoms with van der Waals surface area (Å²) in [5.74, 6) is 1.34. The Morgan fingerprint density at radius 3 is 2.46 bits per heavy atom. The number of nitrogens with zero attached hydrogens (tertiary/aromatic N) is 5. The van der Waals surface area contributed by atoms with E-state index in [1.165, 1.54) is 4.57 Å². The molecule has 4 rings (SSSR count). The summed E-state index contributed by atoms with van der Waals surface area (Å²) in [5.41, 5.74) is 2.11. The van der Waals surface area contributed by atoms with E-state index in [1.54, 1.807) is 19.1 Å². The average Bonchev–Trinajstić information content (AvgIpc) is 3.01. The van der Waals surface area contributed by atoms with Crippen molar-refractivity contribution in [3.05, 3.63) is 41.5 Å². The van der Waals surface area contributed by atoms with Gasteiger partial charge in [-0.1, -0.05) is 6.07 Å². The molecule has 1 aliphatic rings. The summed E-state index contributed by atoms with van der Waals surface area (Å²) in [4.78, 5) is 15.1. The van der Waals surface area contributed by atoms with Gasteiger partial charge in [-0.2, -0.15) is 0 Å². The molecule has 0 saturated carbocycles. The number of anilines is 1.